The molecule has 0 bridgehead atoms. The van der Waals surface area contributed by atoms with Crippen molar-refractivity contribution < 1.29 is 13.9 Å². The number of carbonyl (C=O) groups is 1. The molecule has 0 unspecified atom stereocenters. The summed E-state index contributed by atoms with van der Waals surface area (Å²) in [4.78, 5) is 32.0. The first-order valence-electron chi connectivity index (χ1n) is 12.8. The molecule has 0 aromatic carbocycles. The number of likely N-dealkylation sites (tertiary alicyclic amines) is 1. The number of amides is 1. The van der Waals surface area contributed by atoms with Crippen molar-refractivity contribution in [3.8, 4) is 10.6 Å². The van der Waals surface area contributed by atoms with E-state index in [0.29, 0.717) is 41.9 Å². The van der Waals surface area contributed by atoms with Gasteiger partial charge in [-0.3, -0.25) is 4.79 Å². The van der Waals surface area contributed by atoms with E-state index in [4.69, 9.17) is 4.74 Å². The molecule has 0 radical (unpaired) electrons. The van der Waals surface area contributed by atoms with Crippen LogP contribution in [0.2, 0.25) is 0 Å². The Balaban J connectivity index is 1.26. The van der Waals surface area contributed by atoms with Crippen LogP contribution in [0.4, 0.5) is 16.2 Å². The number of likely N-dealkylation sites (N-methyl/N-ethyl adjacent to an activating group) is 1. The van der Waals surface area contributed by atoms with Gasteiger partial charge in [-0.25, -0.2) is 19.3 Å². The van der Waals surface area contributed by atoms with Crippen LogP contribution in [0.3, 0.4) is 0 Å². The number of piperidine rings is 1. The second-order valence-electron chi connectivity index (χ2n) is 10.5. The number of carbonyl (C=O) groups excluding carboxylic acids is 1. The number of hydrogen-bond acceptors (Lipinski definition) is 8. The van der Waals surface area contributed by atoms with Crippen molar-refractivity contribution in [2.75, 3.05) is 52.3 Å². The zero-order valence-corrected chi connectivity index (χ0v) is 22.0. The Bertz CT molecular complexity index is 1300. The molecule has 37 heavy (non-hydrogen) atoms. The van der Waals surface area contributed by atoms with Crippen molar-refractivity contribution in [2.45, 2.75) is 37.0 Å². The monoisotopic (exact) mass is 522 g/mol. The summed E-state index contributed by atoms with van der Waals surface area (Å²) in [5.41, 5.74) is 1.93. The SMILES string of the molecule is CN1CCC(c2ccc(Nc3ncc(F)c(-c4cc5c(s4)C4(CCOCC4)CN(C)C5=O)n3)nc2)CC1. The van der Waals surface area contributed by atoms with Crippen molar-refractivity contribution in [1.29, 1.82) is 0 Å². The second-order valence-corrected chi connectivity index (χ2v) is 11.5. The standard InChI is InChI=1S/C27H31FN6O2S/c1-33-9-5-17(6-10-33)18-3-4-22(29-14-18)31-26-30-15-20(28)23(32-26)21-13-19-24(37-21)27(7-11-36-12-8-27)16-34(2)25(19)35/h3-4,13-15,17H,5-12,16H2,1-2H3,(H,29,30,31,32). The quantitative estimate of drug-likeness (QED) is 0.543. The van der Waals surface area contributed by atoms with E-state index in [1.54, 1.807) is 11.0 Å². The Kier molecular flexibility index (Phi) is 6.42. The maximum atomic E-state index is 15.0. The van der Waals surface area contributed by atoms with Crippen LogP contribution in [-0.4, -0.2) is 77.6 Å². The molecule has 1 N–H and O–H groups in total. The van der Waals surface area contributed by atoms with Crippen molar-refractivity contribution in [3.63, 3.8) is 0 Å². The van der Waals surface area contributed by atoms with E-state index >= 15 is 0 Å². The summed E-state index contributed by atoms with van der Waals surface area (Å²) in [6.45, 7) is 4.17. The lowest BCUT2D eigenvalue weighted by atomic mass is 9.75. The zero-order chi connectivity index (χ0) is 25.6. The molecule has 2 fully saturated rings. The highest BCUT2D eigenvalue weighted by atomic mass is 32.1. The zero-order valence-electron chi connectivity index (χ0n) is 21.2. The minimum absolute atomic E-state index is 0.0312. The molecule has 8 nitrogen and oxygen atoms in total. The number of thiophene rings is 1. The maximum Gasteiger partial charge on any atom is 0.254 e. The van der Waals surface area contributed by atoms with E-state index < -0.39 is 5.82 Å². The number of aromatic nitrogens is 3. The molecule has 3 aliphatic heterocycles. The van der Waals surface area contributed by atoms with E-state index in [2.05, 4.69) is 38.3 Å². The summed E-state index contributed by atoms with van der Waals surface area (Å²) >= 11 is 1.47. The smallest absolute Gasteiger partial charge is 0.254 e. The number of hydrogen-bond donors (Lipinski definition) is 1. The first-order chi connectivity index (χ1) is 17.9. The average molecular weight is 523 g/mol. The summed E-state index contributed by atoms with van der Waals surface area (Å²) in [6, 6.07) is 5.81. The minimum Gasteiger partial charge on any atom is -0.381 e. The lowest BCUT2D eigenvalue weighted by Gasteiger charge is -2.43. The molecular weight excluding hydrogens is 491 g/mol. The van der Waals surface area contributed by atoms with Crippen LogP contribution in [0, 0.1) is 5.82 Å². The van der Waals surface area contributed by atoms with Gasteiger partial charge in [-0.05, 0) is 69.4 Å². The van der Waals surface area contributed by atoms with E-state index in [0.717, 1.165) is 43.6 Å². The number of nitrogens with zero attached hydrogens (tertiary/aromatic N) is 5. The van der Waals surface area contributed by atoms with Gasteiger partial charge in [0.1, 0.15) is 11.5 Å². The van der Waals surface area contributed by atoms with Gasteiger partial charge in [0.05, 0.1) is 16.6 Å². The average Bonchev–Trinajstić information content (AvgIpc) is 3.37. The van der Waals surface area contributed by atoms with Gasteiger partial charge in [0, 0.05) is 43.3 Å². The summed E-state index contributed by atoms with van der Waals surface area (Å²) in [5, 5.41) is 3.12. The molecule has 0 saturated carbocycles. The maximum absolute atomic E-state index is 15.0. The molecular formula is C27H31FN6O2S. The molecule has 3 aromatic rings. The fourth-order valence-corrected chi connectivity index (χ4v) is 7.17. The molecule has 0 aliphatic carbocycles. The number of anilines is 2. The Morgan fingerprint density at radius 3 is 2.65 bits per heavy atom. The third-order valence-electron chi connectivity index (χ3n) is 7.97. The van der Waals surface area contributed by atoms with Gasteiger partial charge >= 0.3 is 0 Å². The highest BCUT2D eigenvalue weighted by Gasteiger charge is 2.45. The minimum atomic E-state index is -0.517. The van der Waals surface area contributed by atoms with Gasteiger partial charge in [-0.2, -0.15) is 0 Å². The molecule has 1 amide bonds. The van der Waals surface area contributed by atoms with E-state index in [-0.39, 0.29) is 23.0 Å². The molecule has 3 aliphatic rings. The van der Waals surface area contributed by atoms with Crippen LogP contribution >= 0.6 is 11.3 Å². The predicted molar refractivity (Wildman–Crippen MR) is 141 cm³/mol. The Labute approximate surface area is 219 Å². The molecule has 3 aromatic heterocycles. The lowest BCUT2D eigenvalue weighted by Crippen LogP contribution is -2.49. The Morgan fingerprint density at radius 1 is 1.14 bits per heavy atom. The van der Waals surface area contributed by atoms with Crippen molar-refractivity contribution >= 4 is 29.0 Å². The number of nitrogens with one attached hydrogen (secondary N) is 1. The normalized spacial score (nSPS) is 20.3. The lowest BCUT2D eigenvalue weighted by molar-refractivity contribution is 0.0305. The number of rotatable bonds is 4. The fourth-order valence-electron chi connectivity index (χ4n) is 5.79. The van der Waals surface area contributed by atoms with Crippen molar-refractivity contribution in [3.05, 3.63) is 52.4 Å². The van der Waals surface area contributed by atoms with E-state index in [9.17, 15) is 9.18 Å². The molecule has 10 heteroatoms. The first-order valence-corrected chi connectivity index (χ1v) is 13.7. The number of fused-ring (bicyclic) bond motifs is 2. The summed E-state index contributed by atoms with van der Waals surface area (Å²) in [6.07, 6.45) is 7.03. The predicted octanol–water partition coefficient (Wildman–Crippen LogP) is 4.43. The van der Waals surface area contributed by atoms with Gasteiger partial charge in [0.25, 0.3) is 5.91 Å². The number of pyridine rings is 1. The molecule has 0 atom stereocenters. The second kappa shape index (κ2) is 9.74. The Hall–Kier alpha value is -2.95. The third kappa shape index (κ3) is 4.62. The van der Waals surface area contributed by atoms with Gasteiger partial charge in [-0.15, -0.1) is 11.3 Å². The molecule has 6 rings (SSSR count). The first kappa shape index (κ1) is 24.4. The van der Waals surface area contributed by atoms with Crippen LogP contribution in [-0.2, 0) is 10.2 Å². The Morgan fingerprint density at radius 2 is 1.92 bits per heavy atom. The van der Waals surface area contributed by atoms with E-state index in [1.807, 2.05) is 19.3 Å². The van der Waals surface area contributed by atoms with Crippen LogP contribution in [0.1, 0.15) is 52.4 Å². The largest absolute Gasteiger partial charge is 0.381 e. The number of ether oxygens (including phenoxy) is 1. The topological polar surface area (TPSA) is 83.5 Å². The number of halogens is 1. The van der Waals surface area contributed by atoms with Crippen LogP contribution in [0.5, 0.6) is 0 Å². The molecule has 6 heterocycles. The van der Waals surface area contributed by atoms with Crippen molar-refractivity contribution in [1.82, 2.24) is 24.8 Å². The van der Waals surface area contributed by atoms with Crippen LogP contribution in [0.25, 0.3) is 10.6 Å². The van der Waals surface area contributed by atoms with Crippen LogP contribution in [0.15, 0.2) is 30.6 Å². The highest BCUT2D eigenvalue weighted by molar-refractivity contribution is 7.16. The van der Waals surface area contributed by atoms with Gasteiger partial charge in [0.2, 0.25) is 5.95 Å². The summed E-state index contributed by atoms with van der Waals surface area (Å²) in [5.74, 6) is 0.856. The van der Waals surface area contributed by atoms with Gasteiger partial charge in [-0.1, -0.05) is 6.07 Å². The summed E-state index contributed by atoms with van der Waals surface area (Å²) < 4.78 is 20.6. The highest BCUT2D eigenvalue weighted by Crippen LogP contribution is 2.47. The molecule has 194 valence electrons. The van der Waals surface area contributed by atoms with E-state index in [1.165, 1.54) is 23.1 Å². The third-order valence-corrected chi connectivity index (χ3v) is 9.36. The molecule has 2 saturated heterocycles. The van der Waals surface area contributed by atoms with Crippen LogP contribution < -0.4 is 5.32 Å². The molecule has 1 spiro atoms. The van der Waals surface area contributed by atoms with Gasteiger partial charge < -0.3 is 19.9 Å². The fraction of sp³-hybridized carbons (Fsp3) is 0.481. The van der Waals surface area contributed by atoms with Crippen molar-refractivity contribution in [2.24, 2.45) is 0 Å². The summed E-state index contributed by atoms with van der Waals surface area (Å²) in [7, 11) is 3.99. The van der Waals surface area contributed by atoms with Gasteiger partial charge in [0.15, 0.2) is 5.82 Å².